The Bertz CT molecular complexity index is 696. The topological polar surface area (TPSA) is 69.8 Å². The van der Waals surface area contributed by atoms with Crippen LogP contribution in [0.5, 0.6) is 0 Å². The van der Waals surface area contributed by atoms with Gasteiger partial charge in [0, 0.05) is 17.9 Å². The SMILES string of the molecule is CC(C)(C)c1cccc(-c2cc(CCCO)nc(C#N)n2)c1. The number of aryl methyl sites for hydroxylation is 1. The first kappa shape index (κ1) is 16.1. The fourth-order valence-corrected chi connectivity index (χ4v) is 2.23. The molecular formula is C18H21N3O. The highest BCUT2D eigenvalue weighted by Gasteiger charge is 2.15. The molecule has 0 bridgehead atoms. The average molecular weight is 295 g/mol. The lowest BCUT2D eigenvalue weighted by atomic mass is 9.86. The number of rotatable bonds is 4. The third-order valence-electron chi connectivity index (χ3n) is 3.49. The molecule has 4 heteroatoms. The standard InChI is InChI=1S/C18H21N3O/c1-18(2,3)14-7-4-6-13(10-14)16-11-15(8-5-9-22)20-17(12-19)21-16/h4,6-7,10-11,22H,5,8-9H2,1-3H3. The Kier molecular flexibility index (Phi) is 4.89. The molecule has 1 aromatic carbocycles. The van der Waals surface area contributed by atoms with Crippen LogP contribution in [0.1, 0.15) is 44.3 Å². The van der Waals surface area contributed by atoms with Gasteiger partial charge in [-0.05, 0) is 36.0 Å². The number of hydrogen-bond donors (Lipinski definition) is 1. The van der Waals surface area contributed by atoms with E-state index in [9.17, 15) is 0 Å². The minimum Gasteiger partial charge on any atom is -0.396 e. The summed E-state index contributed by atoms with van der Waals surface area (Å²) < 4.78 is 0. The second-order valence-corrected chi connectivity index (χ2v) is 6.34. The Labute approximate surface area is 131 Å². The van der Waals surface area contributed by atoms with E-state index in [0.717, 1.165) is 17.0 Å². The van der Waals surface area contributed by atoms with Crippen LogP contribution in [0.2, 0.25) is 0 Å². The Morgan fingerprint density at radius 1 is 1.18 bits per heavy atom. The summed E-state index contributed by atoms with van der Waals surface area (Å²) in [4.78, 5) is 8.52. The average Bonchev–Trinajstić information content (AvgIpc) is 2.52. The van der Waals surface area contributed by atoms with Gasteiger partial charge in [-0.25, -0.2) is 9.97 Å². The van der Waals surface area contributed by atoms with Gasteiger partial charge < -0.3 is 5.11 Å². The van der Waals surface area contributed by atoms with Crippen molar-refractivity contribution >= 4 is 0 Å². The van der Waals surface area contributed by atoms with Crippen molar-refractivity contribution in [3.05, 3.63) is 47.4 Å². The number of aliphatic hydroxyl groups is 1. The molecule has 114 valence electrons. The molecule has 2 rings (SSSR count). The van der Waals surface area contributed by atoms with Gasteiger partial charge in [0.1, 0.15) is 6.07 Å². The Balaban J connectivity index is 2.46. The molecule has 1 aromatic heterocycles. The van der Waals surface area contributed by atoms with Gasteiger partial charge in [-0.3, -0.25) is 0 Å². The first-order valence-electron chi connectivity index (χ1n) is 7.44. The fourth-order valence-electron chi connectivity index (χ4n) is 2.23. The molecule has 0 fully saturated rings. The molecule has 0 saturated carbocycles. The zero-order chi connectivity index (χ0) is 16.2. The van der Waals surface area contributed by atoms with E-state index in [1.54, 1.807) is 0 Å². The Hall–Kier alpha value is -2.25. The maximum atomic E-state index is 9.12. The van der Waals surface area contributed by atoms with Gasteiger partial charge in [0.05, 0.1) is 5.69 Å². The largest absolute Gasteiger partial charge is 0.396 e. The second kappa shape index (κ2) is 6.67. The van der Waals surface area contributed by atoms with Crippen molar-refractivity contribution in [2.75, 3.05) is 6.61 Å². The number of hydrogen-bond acceptors (Lipinski definition) is 4. The Morgan fingerprint density at radius 2 is 1.95 bits per heavy atom. The van der Waals surface area contributed by atoms with Crippen molar-refractivity contribution in [3.63, 3.8) is 0 Å². The molecule has 0 amide bonds. The maximum Gasteiger partial charge on any atom is 0.232 e. The van der Waals surface area contributed by atoms with Crippen molar-refractivity contribution in [1.82, 2.24) is 9.97 Å². The predicted octanol–water partition coefficient (Wildman–Crippen LogP) is 3.24. The molecule has 0 atom stereocenters. The summed E-state index contributed by atoms with van der Waals surface area (Å²) in [6.07, 6.45) is 1.27. The van der Waals surface area contributed by atoms with Gasteiger partial charge in [-0.2, -0.15) is 5.26 Å². The number of aliphatic hydroxyl groups excluding tert-OH is 1. The Morgan fingerprint density at radius 3 is 2.59 bits per heavy atom. The van der Waals surface area contributed by atoms with Crippen LogP contribution in [0.3, 0.4) is 0 Å². The quantitative estimate of drug-likeness (QED) is 0.940. The minimum atomic E-state index is 0.0564. The molecule has 0 aliphatic carbocycles. The van der Waals surface area contributed by atoms with E-state index in [1.165, 1.54) is 5.56 Å². The molecule has 1 N–H and O–H groups in total. The molecule has 2 aromatic rings. The maximum absolute atomic E-state index is 9.12. The van der Waals surface area contributed by atoms with E-state index in [1.807, 2.05) is 24.3 Å². The first-order valence-corrected chi connectivity index (χ1v) is 7.44. The third kappa shape index (κ3) is 3.90. The summed E-state index contributed by atoms with van der Waals surface area (Å²) >= 11 is 0. The van der Waals surface area contributed by atoms with E-state index in [-0.39, 0.29) is 17.8 Å². The number of aromatic nitrogens is 2. The zero-order valence-electron chi connectivity index (χ0n) is 13.3. The molecule has 0 radical (unpaired) electrons. The number of nitriles is 1. The van der Waals surface area contributed by atoms with Gasteiger partial charge in [-0.1, -0.05) is 39.0 Å². The summed E-state index contributed by atoms with van der Waals surface area (Å²) in [6.45, 7) is 6.61. The van der Waals surface area contributed by atoms with E-state index in [0.29, 0.717) is 12.8 Å². The van der Waals surface area contributed by atoms with Gasteiger partial charge in [0.25, 0.3) is 0 Å². The molecule has 0 spiro atoms. The molecule has 22 heavy (non-hydrogen) atoms. The van der Waals surface area contributed by atoms with E-state index < -0.39 is 0 Å². The van der Waals surface area contributed by atoms with Crippen LogP contribution in [0.4, 0.5) is 0 Å². The van der Waals surface area contributed by atoms with Crippen molar-refractivity contribution in [2.24, 2.45) is 0 Å². The van der Waals surface area contributed by atoms with Crippen LogP contribution < -0.4 is 0 Å². The second-order valence-electron chi connectivity index (χ2n) is 6.34. The summed E-state index contributed by atoms with van der Waals surface area (Å²) in [6, 6.07) is 12.1. The van der Waals surface area contributed by atoms with Gasteiger partial charge in [0.15, 0.2) is 0 Å². The van der Waals surface area contributed by atoms with Crippen molar-refractivity contribution in [3.8, 4) is 17.3 Å². The lowest BCUT2D eigenvalue weighted by Crippen LogP contribution is -2.10. The van der Waals surface area contributed by atoms with Gasteiger partial charge in [0.2, 0.25) is 5.82 Å². The van der Waals surface area contributed by atoms with Gasteiger partial charge in [-0.15, -0.1) is 0 Å². The van der Waals surface area contributed by atoms with Gasteiger partial charge >= 0.3 is 0 Å². The predicted molar refractivity (Wildman–Crippen MR) is 86.3 cm³/mol. The van der Waals surface area contributed by atoms with E-state index >= 15 is 0 Å². The van der Waals surface area contributed by atoms with Crippen LogP contribution in [0.25, 0.3) is 11.3 Å². The van der Waals surface area contributed by atoms with Crippen molar-refractivity contribution in [2.45, 2.75) is 39.0 Å². The molecule has 4 nitrogen and oxygen atoms in total. The first-order chi connectivity index (χ1) is 10.4. The normalized spacial score (nSPS) is 11.2. The van der Waals surface area contributed by atoms with Crippen LogP contribution >= 0.6 is 0 Å². The van der Waals surface area contributed by atoms with Crippen molar-refractivity contribution in [1.29, 1.82) is 5.26 Å². The lowest BCUT2D eigenvalue weighted by Gasteiger charge is -2.19. The molecule has 0 aliphatic rings. The van der Waals surface area contributed by atoms with Crippen molar-refractivity contribution < 1.29 is 5.11 Å². The molecule has 0 unspecified atom stereocenters. The summed E-state index contributed by atoms with van der Waals surface area (Å²) in [5, 5.41) is 18.1. The summed E-state index contributed by atoms with van der Waals surface area (Å²) in [5.41, 5.74) is 3.80. The van der Waals surface area contributed by atoms with Crippen LogP contribution in [-0.4, -0.2) is 21.7 Å². The lowest BCUT2D eigenvalue weighted by molar-refractivity contribution is 0.288. The van der Waals surface area contributed by atoms with Crippen LogP contribution in [0.15, 0.2) is 30.3 Å². The molecule has 1 heterocycles. The monoisotopic (exact) mass is 295 g/mol. The number of benzene rings is 1. The molecule has 0 aliphatic heterocycles. The summed E-state index contributed by atoms with van der Waals surface area (Å²) in [5.74, 6) is 0.173. The molecular weight excluding hydrogens is 274 g/mol. The minimum absolute atomic E-state index is 0.0564. The fraction of sp³-hybridized carbons (Fsp3) is 0.389. The number of nitrogens with zero attached hydrogens (tertiary/aromatic N) is 3. The van der Waals surface area contributed by atoms with E-state index in [2.05, 4.69) is 42.9 Å². The van der Waals surface area contributed by atoms with Crippen LogP contribution in [-0.2, 0) is 11.8 Å². The third-order valence-corrected chi connectivity index (χ3v) is 3.49. The van der Waals surface area contributed by atoms with Crippen LogP contribution in [0, 0.1) is 11.3 Å². The molecule has 0 saturated heterocycles. The highest BCUT2D eigenvalue weighted by molar-refractivity contribution is 5.61. The zero-order valence-corrected chi connectivity index (χ0v) is 13.3. The highest BCUT2D eigenvalue weighted by atomic mass is 16.2. The smallest absolute Gasteiger partial charge is 0.232 e. The summed E-state index contributed by atoms with van der Waals surface area (Å²) in [7, 11) is 0. The van der Waals surface area contributed by atoms with E-state index in [4.69, 9.17) is 10.4 Å². The highest BCUT2D eigenvalue weighted by Crippen LogP contribution is 2.27.